The number of carbonyl (C=O) groups excluding carboxylic acids is 1. The van der Waals surface area contributed by atoms with E-state index in [1.807, 2.05) is 47.4 Å². The van der Waals surface area contributed by atoms with E-state index in [0.29, 0.717) is 5.88 Å². The molecule has 1 aliphatic rings. The summed E-state index contributed by atoms with van der Waals surface area (Å²) < 4.78 is 0. The summed E-state index contributed by atoms with van der Waals surface area (Å²) in [5.74, 6) is 0.905. The molecule has 32 heavy (non-hydrogen) atoms. The summed E-state index contributed by atoms with van der Waals surface area (Å²) in [5.41, 5.74) is 5.49. The van der Waals surface area contributed by atoms with Crippen molar-refractivity contribution < 1.29 is 4.79 Å². The largest absolute Gasteiger partial charge is 0.311 e. The highest BCUT2D eigenvalue weighted by Crippen LogP contribution is 2.35. The summed E-state index contributed by atoms with van der Waals surface area (Å²) in [7, 11) is 0. The molecule has 3 nitrogen and oxygen atoms in total. The smallest absolute Gasteiger partial charge is 0.241 e. The van der Waals surface area contributed by atoms with E-state index in [1.165, 1.54) is 5.56 Å². The van der Waals surface area contributed by atoms with Gasteiger partial charge >= 0.3 is 0 Å². The van der Waals surface area contributed by atoms with E-state index in [2.05, 4.69) is 77.7 Å². The molecule has 0 bridgehead atoms. The van der Waals surface area contributed by atoms with Gasteiger partial charge in [0.25, 0.3) is 0 Å². The topological polar surface area (TPSA) is 23.6 Å². The number of para-hydroxylation sites is 3. The van der Waals surface area contributed by atoms with Gasteiger partial charge in [0.05, 0.1) is 11.1 Å². The molecule has 1 unspecified atom stereocenters. The number of benzene rings is 4. The van der Waals surface area contributed by atoms with Crippen LogP contribution in [0.25, 0.3) is 0 Å². The first-order valence-electron chi connectivity index (χ1n) is 10.8. The fraction of sp³-hybridized carbons (Fsp3) is 0.107. The van der Waals surface area contributed by atoms with Crippen LogP contribution in [0.4, 0.5) is 22.7 Å². The van der Waals surface area contributed by atoms with Gasteiger partial charge in [-0.3, -0.25) is 4.79 Å². The molecule has 5 rings (SSSR count). The standard InChI is InChI=1S/C28H24N2OS/c31-28-27(32-21-29(28)23-10-4-1-5-11-23)20-22-16-18-26(19-17-22)30(24-12-6-2-7-13-24)25-14-8-3-9-15-25/h1-19,27H,20-21H2. The van der Waals surface area contributed by atoms with Gasteiger partial charge in [-0.05, 0) is 60.5 Å². The lowest BCUT2D eigenvalue weighted by Gasteiger charge is -2.25. The highest BCUT2D eigenvalue weighted by atomic mass is 32.2. The van der Waals surface area contributed by atoms with E-state index >= 15 is 0 Å². The van der Waals surface area contributed by atoms with Crippen LogP contribution in [0.5, 0.6) is 0 Å². The molecule has 4 aromatic rings. The van der Waals surface area contributed by atoms with Crippen molar-refractivity contribution in [2.75, 3.05) is 15.7 Å². The number of amides is 1. The van der Waals surface area contributed by atoms with Crippen LogP contribution in [0.15, 0.2) is 115 Å². The minimum absolute atomic E-state index is 0.0413. The molecule has 4 aromatic carbocycles. The number of carbonyl (C=O) groups is 1. The number of hydrogen-bond donors (Lipinski definition) is 0. The monoisotopic (exact) mass is 436 g/mol. The van der Waals surface area contributed by atoms with Crippen molar-refractivity contribution in [1.82, 2.24) is 0 Å². The van der Waals surface area contributed by atoms with Gasteiger partial charge in [0.1, 0.15) is 0 Å². The van der Waals surface area contributed by atoms with Crippen molar-refractivity contribution in [2.45, 2.75) is 11.7 Å². The lowest BCUT2D eigenvalue weighted by molar-refractivity contribution is -0.117. The van der Waals surface area contributed by atoms with Crippen LogP contribution in [0.1, 0.15) is 5.56 Å². The second-order valence-corrected chi connectivity index (χ2v) is 8.92. The third-order valence-corrected chi connectivity index (χ3v) is 6.84. The summed E-state index contributed by atoms with van der Waals surface area (Å²) in [5, 5.41) is -0.0413. The molecule has 1 atom stereocenters. The second-order valence-electron chi connectivity index (χ2n) is 7.76. The molecule has 1 fully saturated rings. The van der Waals surface area contributed by atoms with Crippen molar-refractivity contribution in [3.63, 3.8) is 0 Å². The highest BCUT2D eigenvalue weighted by molar-refractivity contribution is 8.01. The van der Waals surface area contributed by atoms with Crippen molar-refractivity contribution in [2.24, 2.45) is 0 Å². The third-order valence-electron chi connectivity index (χ3n) is 5.66. The van der Waals surface area contributed by atoms with Gasteiger partial charge in [0, 0.05) is 22.7 Å². The van der Waals surface area contributed by atoms with Gasteiger partial charge in [0.15, 0.2) is 0 Å². The average molecular weight is 437 g/mol. The van der Waals surface area contributed by atoms with Crippen LogP contribution in [-0.4, -0.2) is 17.0 Å². The maximum absolute atomic E-state index is 13.0. The maximum atomic E-state index is 13.0. The van der Waals surface area contributed by atoms with Crippen molar-refractivity contribution in [3.05, 3.63) is 121 Å². The average Bonchev–Trinajstić information content (AvgIpc) is 3.22. The molecule has 1 saturated heterocycles. The van der Waals surface area contributed by atoms with E-state index in [9.17, 15) is 4.79 Å². The third kappa shape index (κ3) is 4.27. The van der Waals surface area contributed by atoms with Gasteiger partial charge in [-0.25, -0.2) is 0 Å². The Bertz CT molecular complexity index is 1120. The molecule has 1 amide bonds. The summed E-state index contributed by atoms with van der Waals surface area (Å²) >= 11 is 1.72. The number of hydrogen-bond acceptors (Lipinski definition) is 3. The number of rotatable bonds is 6. The lowest BCUT2D eigenvalue weighted by atomic mass is 10.1. The number of thioether (sulfide) groups is 1. The van der Waals surface area contributed by atoms with Crippen LogP contribution in [0.2, 0.25) is 0 Å². The number of nitrogens with zero attached hydrogens (tertiary/aromatic N) is 2. The molecular weight excluding hydrogens is 412 g/mol. The Balaban J connectivity index is 1.35. The summed E-state index contributed by atoms with van der Waals surface area (Å²) in [6, 6.07) is 39.3. The predicted octanol–water partition coefficient (Wildman–Crippen LogP) is 6.81. The molecule has 0 N–H and O–H groups in total. The summed E-state index contributed by atoms with van der Waals surface area (Å²) in [4.78, 5) is 17.1. The highest BCUT2D eigenvalue weighted by Gasteiger charge is 2.33. The Morgan fingerprint density at radius 1 is 0.688 bits per heavy atom. The Labute approximate surface area is 193 Å². The number of anilines is 4. The Kier molecular flexibility index (Phi) is 5.95. The zero-order valence-electron chi connectivity index (χ0n) is 17.7. The van der Waals surface area contributed by atoms with E-state index in [1.54, 1.807) is 11.8 Å². The molecule has 0 spiro atoms. The van der Waals surface area contributed by atoms with E-state index in [4.69, 9.17) is 0 Å². The molecule has 0 saturated carbocycles. The van der Waals surface area contributed by atoms with Crippen LogP contribution < -0.4 is 9.80 Å². The zero-order chi connectivity index (χ0) is 21.8. The van der Waals surface area contributed by atoms with Crippen LogP contribution in [0, 0.1) is 0 Å². The van der Waals surface area contributed by atoms with Crippen molar-refractivity contribution >= 4 is 40.4 Å². The SMILES string of the molecule is O=C1C(Cc2ccc(N(c3ccccc3)c3ccccc3)cc2)SCN1c1ccccc1. The molecule has 0 radical (unpaired) electrons. The molecule has 158 valence electrons. The van der Waals surface area contributed by atoms with Crippen molar-refractivity contribution in [3.8, 4) is 0 Å². The maximum Gasteiger partial charge on any atom is 0.241 e. The van der Waals surface area contributed by atoms with Gasteiger partial charge in [0.2, 0.25) is 5.91 Å². The fourth-order valence-electron chi connectivity index (χ4n) is 4.03. The minimum Gasteiger partial charge on any atom is -0.311 e. The first kappa shape index (κ1) is 20.4. The minimum atomic E-state index is -0.0413. The molecule has 1 heterocycles. The van der Waals surface area contributed by atoms with Gasteiger partial charge in [-0.2, -0.15) is 0 Å². The molecule has 1 aliphatic heterocycles. The van der Waals surface area contributed by atoms with Crippen LogP contribution in [0.3, 0.4) is 0 Å². The first-order valence-corrected chi connectivity index (χ1v) is 11.8. The molecule has 0 aliphatic carbocycles. The Morgan fingerprint density at radius 2 is 1.19 bits per heavy atom. The lowest BCUT2D eigenvalue weighted by Crippen LogP contribution is -2.30. The quantitative estimate of drug-likeness (QED) is 0.332. The van der Waals surface area contributed by atoms with Gasteiger partial charge in [-0.1, -0.05) is 66.7 Å². The van der Waals surface area contributed by atoms with Gasteiger partial charge < -0.3 is 9.80 Å². The fourth-order valence-corrected chi connectivity index (χ4v) is 5.21. The van der Waals surface area contributed by atoms with E-state index < -0.39 is 0 Å². The zero-order valence-corrected chi connectivity index (χ0v) is 18.5. The summed E-state index contributed by atoms with van der Waals surface area (Å²) in [6.45, 7) is 0. The van der Waals surface area contributed by atoms with Crippen LogP contribution in [-0.2, 0) is 11.2 Å². The molecule has 4 heteroatoms. The van der Waals surface area contributed by atoms with E-state index in [-0.39, 0.29) is 11.2 Å². The Morgan fingerprint density at radius 3 is 1.75 bits per heavy atom. The second kappa shape index (κ2) is 9.33. The van der Waals surface area contributed by atoms with Crippen molar-refractivity contribution in [1.29, 1.82) is 0 Å². The molecular formula is C28H24N2OS. The van der Waals surface area contributed by atoms with Crippen LogP contribution >= 0.6 is 11.8 Å². The Hall–Kier alpha value is -3.50. The first-order chi connectivity index (χ1) is 15.8. The summed E-state index contributed by atoms with van der Waals surface area (Å²) in [6.07, 6.45) is 0.740. The van der Waals surface area contributed by atoms with Gasteiger partial charge in [-0.15, -0.1) is 11.8 Å². The molecule has 0 aromatic heterocycles. The normalized spacial score (nSPS) is 15.7. The van der Waals surface area contributed by atoms with E-state index in [0.717, 1.165) is 29.2 Å². The predicted molar refractivity (Wildman–Crippen MR) is 135 cm³/mol.